The van der Waals surface area contributed by atoms with Crippen LogP contribution in [0.5, 0.6) is 11.8 Å². The van der Waals surface area contributed by atoms with Crippen LogP contribution in [0.25, 0.3) is 32.8 Å². The molecule has 2 aromatic heterocycles. The number of benzene rings is 3. The standard InChI is InChI=1S/C37H34F3N7O2/c1-2-25-28(38)6-3-21-13-24(48)14-26(31(21)25)32-29(39)15-27-34(33(32)40)43-36(44-35(27)47-16-22-4-5-23(17-47)42-22)49-20-37(7-8-37)19-45-11-12-46-10-9-41-30(46)18-45/h1,3,6,9-10,13-15,22-23,42,48H,4-5,7-8,11-12,16-20H2. The van der Waals surface area contributed by atoms with E-state index in [0.29, 0.717) is 30.9 Å². The van der Waals surface area contributed by atoms with E-state index in [1.54, 1.807) is 0 Å². The number of phenols is 1. The lowest BCUT2D eigenvalue weighted by Gasteiger charge is -2.34. The molecule has 5 heterocycles. The summed E-state index contributed by atoms with van der Waals surface area (Å²) in [4.78, 5) is 18.3. The van der Waals surface area contributed by atoms with Gasteiger partial charge in [0, 0.05) is 79.0 Å². The Morgan fingerprint density at radius 1 is 1.04 bits per heavy atom. The second-order valence-electron chi connectivity index (χ2n) is 14.0. The van der Waals surface area contributed by atoms with Crippen LogP contribution in [0.3, 0.4) is 0 Å². The first-order valence-electron chi connectivity index (χ1n) is 16.8. The second-order valence-corrected chi connectivity index (χ2v) is 14.0. The molecule has 1 aliphatic carbocycles. The highest BCUT2D eigenvalue weighted by Crippen LogP contribution is 2.47. The number of piperazine rings is 1. The van der Waals surface area contributed by atoms with Crippen molar-refractivity contribution in [2.45, 2.75) is 50.9 Å². The van der Waals surface area contributed by atoms with E-state index in [9.17, 15) is 9.50 Å². The van der Waals surface area contributed by atoms with E-state index in [2.05, 4.69) is 35.6 Å². The van der Waals surface area contributed by atoms with Gasteiger partial charge in [0.2, 0.25) is 0 Å². The number of halogens is 3. The molecular weight excluding hydrogens is 631 g/mol. The number of imidazole rings is 1. The smallest absolute Gasteiger partial charge is 0.319 e. The number of phenolic OH excluding ortho intramolecular Hbond substituents is 1. The summed E-state index contributed by atoms with van der Waals surface area (Å²) in [5, 5.41) is 14.8. The monoisotopic (exact) mass is 665 g/mol. The Morgan fingerprint density at radius 2 is 1.86 bits per heavy atom. The van der Waals surface area contributed by atoms with E-state index in [1.807, 2.05) is 12.4 Å². The highest BCUT2D eigenvalue weighted by atomic mass is 19.1. The molecule has 9 nitrogen and oxygen atoms in total. The zero-order chi connectivity index (χ0) is 33.4. The summed E-state index contributed by atoms with van der Waals surface area (Å²) < 4.78 is 56.6. The maximum absolute atomic E-state index is 16.9. The van der Waals surface area contributed by atoms with Gasteiger partial charge in [-0.15, -0.1) is 6.42 Å². The Bertz CT molecular complexity index is 2180. The first-order chi connectivity index (χ1) is 23.8. The minimum absolute atomic E-state index is 0.0152. The van der Waals surface area contributed by atoms with Crippen LogP contribution in [-0.2, 0) is 13.1 Å². The molecule has 0 radical (unpaired) electrons. The SMILES string of the molecule is C#Cc1c(F)ccc2cc(O)cc(-c3c(F)cc4c(N5CC6CCC(C5)N6)nc(OCC5(CN6CCn7ccnc7C6)CC5)nc4c3F)c12. The molecule has 49 heavy (non-hydrogen) atoms. The zero-order valence-electron chi connectivity index (χ0n) is 26.7. The molecule has 0 spiro atoms. The molecule has 2 unspecified atom stereocenters. The molecule has 0 amide bonds. The molecule has 9 rings (SSSR count). The van der Waals surface area contributed by atoms with Gasteiger partial charge in [0.1, 0.15) is 34.5 Å². The minimum Gasteiger partial charge on any atom is -0.508 e. The van der Waals surface area contributed by atoms with E-state index in [-0.39, 0.29) is 56.7 Å². The Hall–Kier alpha value is -4.86. The Kier molecular flexibility index (Phi) is 7.00. The highest BCUT2D eigenvalue weighted by molar-refractivity contribution is 6.04. The third-order valence-electron chi connectivity index (χ3n) is 10.7. The molecule has 2 saturated heterocycles. The fraction of sp³-hybridized carbons (Fsp3) is 0.378. The van der Waals surface area contributed by atoms with Crippen LogP contribution in [0.4, 0.5) is 19.0 Å². The van der Waals surface area contributed by atoms with E-state index < -0.39 is 23.0 Å². The molecular formula is C37H34F3N7O2. The van der Waals surface area contributed by atoms with Crippen LogP contribution in [0, 0.1) is 35.2 Å². The largest absolute Gasteiger partial charge is 0.508 e. The predicted octanol–water partition coefficient (Wildman–Crippen LogP) is 5.37. The summed E-state index contributed by atoms with van der Waals surface area (Å²) in [6, 6.07) is 6.90. The lowest BCUT2D eigenvalue weighted by Crippen LogP contribution is -2.51. The molecule has 5 aromatic rings. The number of fused-ring (bicyclic) bond motifs is 5. The molecule has 2 N–H and O–H groups in total. The van der Waals surface area contributed by atoms with Crippen molar-refractivity contribution in [3.05, 3.63) is 71.6 Å². The number of terminal acetylenes is 1. The van der Waals surface area contributed by atoms with Crippen LogP contribution in [0.2, 0.25) is 0 Å². The van der Waals surface area contributed by atoms with Gasteiger partial charge in [-0.2, -0.15) is 9.97 Å². The summed E-state index contributed by atoms with van der Waals surface area (Å²) in [6.45, 7) is 5.02. The first-order valence-corrected chi connectivity index (χ1v) is 16.8. The lowest BCUT2D eigenvalue weighted by molar-refractivity contribution is 0.132. The first kappa shape index (κ1) is 30.2. The van der Waals surface area contributed by atoms with E-state index in [4.69, 9.17) is 16.1 Å². The third kappa shape index (κ3) is 5.23. The van der Waals surface area contributed by atoms with Crippen LogP contribution in [0.1, 0.15) is 37.1 Å². The van der Waals surface area contributed by atoms with Crippen molar-refractivity contribution < 1.29 is 23.0 Å². The number of ether oxygens (including phenoxy) is 1. The topological polar surface area (TPSA) is 91.6 Å². The van der Waals surface area contributed by atoms with Crippen LogP contribution in [-0.4, -0.2) is 74.4 Å². The Balaban J connectivity index is 1.12. The second kappa shape index (κ2) is 11.4. The zero-order valence-corrected chi connectivity index (χ0v) is 26.7. The van der Waals surface area contributed by atoms with Crippen molar-refractivity contribution in [1.29, 1.82) is 0 Å². The maximum atomic E-state index is 16.9. The fourth-order valence-corrected chi connectivity index (χ4v) is 8.02. The van der Waals surface area contributed by atoms with Gasteiger partial charge in [0.25, 0.3) is 0 Å². The Labute approximate surface area is 280 Å². The van der Waals surface area contributed by atoms with Gasteiger partial charge in [-0.25, -0.2) is 18.2 Å². The van der Waals surface area contributed by atoms with Crippen molar-refractivity contribution in [2.24, 2.45) is 5.41 Å². The van der Waals surface area contributed by atoms with Crippen molar-refractivity contribution in [3.63, 3.8) is 0 Å². The van der Waals surface area contributed by atoms with E-state index in [0.717, 1.165) is 57.7 Å². The number of aromatic nitrogens is 4. The van der Waals surface area contributed by atoms with Crippen molar-refractivity contribution >= 4 is 27.5 Å². The van der Waals surface area contributed by atoms with Gasteiger partial charge in [0.15, 0.2) is 5.82 Å². The average molecular weight is 666 g/mol. The molecule has 3 aromatic carbocycles. The normalized spacial score (nSPS) is 21.2. The predicted molar refractivity (Wildman–Crippen MR) is 179 cm³/mol. The van der Waals surface area contributed by atoms with Gasteiger partial charge < -0.3 is 24.6 Å². The van der Waals surface area contributed by atoms with Crippen molar-refractivity contribution in [2.75, 3.05) is 37.7 Å². The van der Waals surface area contributed by atoms with Gasteiger partial charge in [-0.3, -0.25) is 4.90 Å². The van der Waals surface area contributed by atoms with Crippen LogP contribution >= 0.6 is 0 Å². The van der Waals surface area contributed by atoms with E-state index >= 15 is 8.78 Å². The summed E-state index contributed by atoms with van der Waals surface area (Å²) in [5.41, 5.74) is -0.882. The number of hydrogen-bond donors (Lipinski definition) is 2. The molecule has 4 aliphatic rings. The van der Waals surface area contributed by atoms with Gasteiger partial charge >= 0.3 is 6.01 Å². The van der Waals surface area contributed by atoms with Gasteiger partial charge in [0.05, 0.1) is 24.3 Å². The number of rotatable bonds is 7. The molecule has 2 atom stereocenters. The molecule has 1 saturated carbocycles. The lowest BCUT2D eigenvalue weighted by atomic mass is 9.92. The number of nitrogens with one attached hydrogen (secondary N) is 1. The number of nitrogens with zero attached hydrogens (tertiary/aromatic N) is 6. The highest BCUT2D eigenvalue weighted by Gasteiger charge is 2.45. The van der Waals surface area contributed by atoms with E-state index in [1.165, 1.54) is 30.3 Å². The molecule has 250 valence electrons. The molecule has 12 heteroatoms. The third-order valence-corrected chi connectivity index (χ3v) is 10.7. The minimum atomic E-state index is -0.967. The van der Waals surface area contributed by atoms with Gasteiger partial charge in [-0.1, -0.05) is 12.0 Å². The quantitative estimate of drug-likeness (QED) is 0.225. The van der Waals surface area contributed by atoms with Gasteiger partial charge in [-0.05, 0) is 55.3 Å². The number of hydrogen-bond acceptors (Lipinski definition) is 8. The fourth-order valence-electron chi connectivity index (χ4n) is 8.02. The van der Waals surface area contributed by atoms with Crippen LogP contribution < -0.4 is 15.0 Å². The van der Waals surface area contributed by atoms with Crippen LogP contribution in [0.15, 0.2) is 42.7 Å². The summed E-state index contributed by atoms with van der Waals surface area (Å²) in [5.74, 6) is 0.956. The number of anilines is 1. The van der Waals surface area contributed by atoms with Crippen molar-refractivity contribution in [3.8, 4) is 35.2 Å². The summed E-state index contributed by atoms with van der Waals surface area (Å²) in [6.07, 6.45) is 13.5. The molecule has 3 aliphatic heterocycles. The molecule has 2 bridgehead atoms. The summed E-state index contributed by atoms with van der Waals surface area (Å²) >= 11 is 0. The maximum Gasteiger partial charge on any atom is 0.319 e. The molecule has 3 fully saturated rings. The average Bonchev–Trinajstić information content (AvgIpc) is 3.53. The summed E-state index contributed by atoms with van der Waals surface area (Å²) in [7, 11) is 0. The number of aromatic hydroxyl groups is 1. The van der Waals surface area contributed by atoms with Crippen molar-refractivity contribution in [1.82, 2.24) is 29.7 Å². The Morgan fingerprint density at radius 3 is 2.63 bits per heavy atom.